The maximum Gasteiger partial charge on any atom is 0.251 e. The van der Waals surface area contributed by atoms with E-state index in [0.29, 0.717) is 36.8 Å². The van der Waals surface area contributed by atoms with Crippen molar-refractivity contribution in [1.82, 2.24) is 5.32 Å². The van der Waals surface area contributed by atoms with Gasteiger partial charge in [0.25, 0.3) is 5.91 Å². The quantitative estimate of drug-likeness (QED) is 0.808. The van der Waals surface area contributed by atoms with Crippen molar-refractivity contribution in [3.63, 3.8) is 0 Å². The van der Waals surface area contributed by atoms with Crippen LogP contribution < -0.4 is 20.5 Å². The van der Waals surface area contributed by atoms with Crippen molar-refractivity contribution in [2.24, 2.45) is 5.73 Å². The van der Waals surface area contributed by atoms with Gasteiger partial charge in [0, 0.05) is 18.2 Å². The largest absolute Gasteiger partial charge is 0.490 e. The van der Waals surface area contributed by atoms with E-state index in [4.69, 9.17) is 15.2 Å². The minimum absolute atomic E-state index is 0. The number of carbonyl (C=O) groups excluding carboxylic acids is 1. The van der Waals surface area contributed by atoms with E-state index in [1.54, 1.807) is 18.2 Å². The molecule has 0 aromatic heterocycles. The second kappa shape index (κ2) is 9.44. The Morgan fingerprint density at radius 2 is 1.85 bits per heavy atom. The Bertz CT molecular complexity index is 427. The molecule has 1 rings (SSSR count). The first kappa shape index (κ1) is 18.5. The topological polar surface area (TPSA) is 73.6 Å². The van der Waals surface area contributed by atoms with Gasteiger partial charge >= 0.3 is 0 Å². The van der Waals surface area contributed by atoms with E-state index >= 15 is 0 Å². The van der Waals surface area contributed by atoms with Crippen molar-refractivity contribution < 1.29 is 14.3 Å². The molecule has 0 spiro atoms. The summed E-state index contributed by atoms with van der Waals surface area (Å²) in [4.78, 5) is 12.0. The van der Waals surface area contributed by atoms with Crippen molar-refractivity contribution in [2.75, 3.05) is 19.8 Å². The van der Waals surface area contributed by atoms with E-state index in [9.17, 15) is 4.79 Å². The van der Waals surface area contributed by atoms with E-state index in [-0.39, 0.29) is 24.4 Å². The minimum atomic E-state index is -0.165. The number of ether oxygens (including phenoxy) is 2. The standard InChI is InChI=1S/C14H22N2O3.ClH/c1-4-18-12-7-6-11(8-13(12)19-5-2)14(17)16-10(3)9-15;/h6-8,10H,4-5,9,15H2,1-3H3,(H,16,17);1H/t10-;/m1./s1. The molecule has 0 radical (unpaired) electrons. The molecule has 1 aromatic carbocycles. The second-order valence-electron chi connectivity index (χ2n) is 4.14. The summed E-state index contributed by atoms with van der Waals surface area (Å²) >= 11 is 0. The fourth-order valence-corrected chi connectivity index (χ4v) is 1.56. The summed E-state index contributed by atoms with van der Waals surface area (Å²) < 4.78 is 10.9. The molecule has 0 saturated heterocycles. The zero-order valence-electron chi connectivity index (χ0n) is 12.1. The normalized spacial score (nSPS) is 11.2. The molecule has 0 unspecified atom stereocenters. The highest BCUT2D eigenvalue weighted by Gasteiger charge is 2.12. The van der Waals surface area contributed by atoms with Crippen LogP contribution in [-0.2, 0) is 0 Å². The number of nitrogens with two attached hydrogens (primary N) is 1. The third-order valence-corrected chi connectivity index (χ3v) is 2.54. The highest BCUT2D eigenvalue weighted by atomic mass is 35.5. The molecule has 1 atom stereocenters. The highest BCUT2D eigenvalue weighted by molar-refractivity contribution is 5.95. The number of nitrogens with one attached hydrogen (secondary N) is 1. The van der Waals surface area contributed by atoms with Crippen molar-refractivity contribution >= 4 is 18.3 Å². The minimum Gasteiger partial charge on any atom is -0.490 e. The average Bonchev–Trinajstić information content (AvgIpc) is 2.41. The Hall–Kier alpha value is -1.46. The van der Waals surface area contributed by atoms with Crippen LogP contribution in [-0.4, -0.2) is 31.7 Å². The summed E-state index contributed by atoms with van der Waals surface area (Å²) in [7, 11) is 0. The zero-order valence-corrected chi connectivity index (χ0v) is 13.0. The molecule has 0 aliphatic heterocycles. The van der Waals surface area contributed by atoms with E-state index in [1.165, 1.54) is 0 Å². The van der Waals surface area contributed by atoms with Gasteiger partial charge in [-0.15, -0.1) is 12.4 Å². The molecule has 0 bridgehead atoms. The van der Waals surface area contributed by atoms with Gasteiger partial charge < -0.3 is 20.5 Å². The molecule has 1 aromatic rings. The molecule has 5 nitrogen and oxygen atoms in total. The number of hydrogen-bond donors (Lipinski definition) is 2. The molecular weight excluding hydrogens is 280 g/mol. The molecule has 6 heteroatoms. The van der Waals surface area contributed by atoms with Gasteiger partial charge in [0.15, 0.2) is 11.5 Å². The van der Waals surface area contributed by atoms with E-state index in [2.05, 4.69) is 5.32 Å². The van der Waals surface area contributed by atoms with Crippen LogP contribution in [0.5, 0.6) is 11.5 Å². The van der Waals surface area contributed by atoms with E-state index < -0.39 is 0 Å². The maximum atomic E-state index is 12.0. The summed E-state index contributed by atoms with van der Waals surface area (Å²) in [6, 6.07) is 5.09. The van der Waals surface area contributed by atoms with Gasteiger partial charge in [-0.2, -0.15) is 0 Å². The smallest absolute Gasteiger partial charge is 0.251 e. The SMILES string of the molecule is CCOc1ccc(C(=O)N[C@H](C)CN)cc1OCC.Cl. The first-order valence-corrected chi connectivity index (χ1v) is 6.52. The van der Waals surface area contributed by atoms with Gasteiger partial charge in [-0.05, 0) is 39.0 Å². The van der Waals surface area contributed by atoms with Gasteiger partial charge in [-0.3, -0.25) is 4.79 Å². The first-order valence-electron chi connectivity index (χ1n) is 6.52. The number of rotatable bonds is 7. The Morgan fingerprint density at radius 3 is 2.40 bits per heavy atom. The summed E-state index contributed by atoms with van der Waals surface area (Å²) in [5.74, 6) is 1.06. The van der Waals surface area contributed by atoms with E-state index in [0.717, 1.165) is 0 Å². The molecule has 0 heterocycles. The molecule has 114 valence electrons. The lowest BCUT2D eigenvalue weighted by molar-refractivity contribution is 0.0940. The van der Waals surface area contributed by atoms with Crippen LogP contribution in [0.4, 0.5) is 0 Å². The number of amides is 1. The Morgan fingerprint density at radius 1 is 1.25 bits per heavy atom. The Kier molecular flexibility index (Phi) is 8.76. The van der Waals surface area contributed by atoms with Gasteiger partial charge in [0.2, 0.25) is 0 Å². The molecule has 0 aliphatic rings. The summed E-state index contributed by atoms with van der Waals surface area (Å²) in [6.45, 7) is 7.12. The second-order valence-corrected chi connectivity index (χ2v) is 4.14. The third kappa shape index (κ3) is 5.27. The Labute approximate surface area is 126 Å². The van der Waals surface area contributed by atoms with Gasteiger partial charge in [0.1, 0.15) is 0 Å². The summed E-state index contributed by atoms with van der Waals surface area (Å²) in [5, 5.41) is 2.81. The van der Waals surface area contributed by atoms with Crippen LogP contribution in [0.25, 0.3) is 0 Å². The number of carbonyl (C=O) groups is 1. The van der Waals surface area contributed by atoms with Gasteiger partial charge in [-0.25, -0.2) is 0 Å². The highest BCUT2D eigenvalue weighted by Crippen LogP contribution is 2.28. The molecule has 20 heavy (non-hydrogen) atoms. The van der Waals surface area contributed by atoms with Crippen LogP contribution in [0.2, 0.25) is 0 Å². The number of halogens is 1. The third-order valence-electron chi connectivity index (χ3n) is 2.54. The first-order chi connectivity index (χ1) is 9.12. The van der Waals surface area contributed by atoms with E-state index in [1.807, 2.05) is 20.8 Å². The fraction of sp³-hybridized carbons (Fsp3) is 0.500. The van der Waals surface area contributed by atoms with Crippen molar-refractivity contribution in [3.05, 3.63) is 23.8 Å². The fourth-order valence-electron chi connectivity index (χ4n) is 1.56. The maximum absolute atomic E-state index is 12.0. The molecule has 0 aliphatic carbocycles. The van der Waals surface area contributed by atoms with Gasteiger partial charge in [0.05, 0.1) is 13.2 Å². The van der Waals surface area contributed by atoms with Crippen molar-refractivity contribution in [2.45, 2.75) is 26.8 Å². The lowest BCUT2D eigenvalue weighted by atomic mass is 10.1. The summed E-state index contributed by atoms with van der Waals surface area (Å²) in [5.41, 5.74) is 6.01. The lowest BCUT2D eigenvalue weighted by Gasteiger charge is -2.14. The number of hydrogen-bond acceptors (Lipinski definition) is 4. The monoisotopic (exact) mass is 302 g/mol. The van der Waals surface area contributed by atoms with Crippen LogP contribution >= 0.6 is 12.4 Å². The number of benzene rings is 1. The lowest BCUT2D eigenvalue weighted by Crippen LogP contribution is -2.37. The summed E-state index contributed by atoms with van der Waals surface area (Å²) in [6.07, 6.45) is 0. The Balaban J connectivity index is 0.00000361. The predicted octanol–water partition coefficient (Wildman–Crippen LogP) is 1.98. The van der Waals surface area contributed by atoms with Crippen molar-refractivity contribution in [1.29, 1.82) is 0 Å². The zero-order chi connectivity index (χ0) is 14.3. The van der Waals surface area contributed by atoms with Gasteiger partial charge in [-0.1, -0.05) is 0 Å². The molecule has 0 fully saturated rings. The molecular formula is C14H23ClN2O3. The predicted molar refractivity (Wildman–Crippen MR) is 82.0 cm³/mol. The molecule has 1 amide bonds. The average molecular weight is 303 g/mol. The van der Waals surface area contributed by atoms with Crippen molar-refractivity contribution in [3.8, 4) is 11.5 Å². The van der Waals surface area contributed by atoms with Crippen LogP contribution in [0.15, 0.2) is 18.2 Å². The van der Waals surface area contributed by atoms with Crippen LogP contribution in [0.3, 0.4) is 0 Å². The molecule has 3 N–H and O–H groups in total. The van der Waals surface area contributed by atoms with Crippen LogP contribution in [0.1, 0.15) is 31.1 Å². The van der Waals surface area contributed by atoms with Crippen LogP contribution in [0, 0.1) is 0 Å². The molecule has 0 saturated carbocycles.